The molecule has 0 saturated heterocycles. The molecule has 2 aliphatic carbocycles. The summed E-state index contributed by atoms with van der Waals surface area (Å²) in [6.07, 6.45) is 43.1. The van der Waals surface area contributed by atoms with E-state index in [2.05, 4.69) is 28.7 Å². The van der Waals surface area contributed by atoms with Gasteiger partial charge in [0.1, 0.15) is 0 Å². The van der Waals surface area contributed by atoms with Gasteiger partial charge in [-0.1, -0.05) is 180 Å². The first kappa shape index (κ1) is 39.6. The SMILES string of the molecule is CCCCCCCC[C@H]1CCC[C@@H]1CCCCC=CC(=O)OOOC(=O)C=CCCCC[C@H]1CCC[C@@H]1CCCCCCCC. The molecule has 0 spiro atoms. The van der Waals surface area contributed by atoms with E-state index >= 15 is 0 Å². The molecule has 0 aromatic carbocycles. The lowest BCUT2D eigenvalue weighted by Gasteiger charge is -2.19. The van der Waals surface area contributed by atoms with Crippen molar-refractivity contribution in [1.29, 1.82) is 0 Å². The molecule has 0 aliphatic heterocycles. The van der Waals surface area contributed by atoms with Crippen molar-refractivity contribution in [2.75, 3.05) is 0 Å². The normalized spacial score (nSPS) is 21.7. The lowest BCUT2D eigenvalue weighted by atomic mass is 9.87. The molecule has 5 nitrogen and oxygen atoms in total. The highest BCUT2D eigenvalue weighted by molar-refractivity contribution is 5.82. The number of carbonyl (C=O) groups excluding carboxylic acids is 2. The van der Waals surface area contributed by atoms with Gasteiger partial charge in [-0.05, 0) is 49.4 Å². The molecule has 4 atom stereocenters. The highest BCUT2D eigenvalue weighted by Gasteiger charge is 2.27. The van der Waals surface area contributed by atoms with Crippen LogP contribution in [0.25, 0.3) is 0 Å². The molecule has 2 fully saturated rings. The van der Waals surface area contributed by atoms with Crippen molar-refractivity contribution < 1.29 is 24.4 Å². The number of carbonyl (C=O) groups is 2. The fourth-order valence-electron chi connectivity index (χ4n) is 7.96. The monoisotopic (exact) mass is 631 g/mol. The maximum absolute atomic E-state index is 11.8. The second-order valence-corrected chi connectivity index (χ2v) is 14.3. The summed E-state index contributed by atoms with van der Waals surface area (Å²) in [7, 11) is 0. The van der Waals surface area contributed by atoms with Gasteiger partial charge in [-0.3, -0.25) is 9.78 Å². The fraction of sp³-hybridized carbons (Fsp3) is 0.850. The third-order valence-corrected chi connectivity index (χ3v) is 10.6. The van der Waals surface area contributed by atoms with E-state index in [4.69, 9.17) is 0 Å². The summed E-state index contributed by atoms with van der Waals surface area (Å²) in [5.74, 6) is 2.34. The zero-order chi connectivity index (χ0) is 32.2. The van der Waals surface area contributed by atoms with Crippen LogP contribution in [0.15, 0.2) is 24.3 Å². The highest BCUT2D eigenvalue weighted by atomic mass is 17.5. The van der Waals surface area contributed by atoms with Gasteiger partial charge in [0, 0.05) is 17.2 Å². The lowest BCUT2D eigenvalue weighted by Crippen LogP contribution is -2.08. The van der Waals surface area contributed by atoms with Crippen LogP contribution in [-0.2, 0) is 24.4 Å². The Balaban J connectivity index is 1.41. The lowest BCUT2D eigenvalue weighted by molar-refractivity contribution is -0.455. The number of rotatable bonds is 28. The van der Waals surface area contributed by atoms with Gasteiger partial charge in [-0.15, -0.1) is 0 Å². The molecule has 2 saturated carbocycles. The van der Waals surface area contributed by atoms with E-state index in [1.807, 2.05) is 12.2 Å². The third-order valence-electron chi connectivity index (χ3n) is 10.6. The maximum atomic E-state index is 11.8. The molecule has 5 heteroatoms. The van der Waals surface area contributed by atoms with Crippen molar-refractivity contribution >= 4 is 11.9 Å². The van der Waals surface area contributed by atoms with E-state index in [1.165, 1.54) is 166 Å². The summed E-state index contributed by atoms with van der Waals surface area (Å²) in [5, 5.41) is 4.39. The van der Waals surface area contributed by atoms with Crippen molar-refractivity contribution in [2.45, 2.75) is 194 Å². The smallest absolute Gasteiger partial charge is 0.255 e. The zero-order valence-electron chi connectivity index (χ0n) is 29.5. The van der Waals surface area contributed by atoms with E-state index < -0.39 is 11.9 Å². The average Bonchev–Trinajstić information content (AvgIpc) is 3.69. The molecule has 0 N–H and O–H groups in total. The van der Waals surface area contributed by atoms with Crippen LogP contribution >= 0.6 is 0 Å². The average molecular weight is 631 g/mol. The molecule has 0 aromatic heterocycles. The van der Waals surface area contributed by atoms with E-state index in [9.17, 15) is 9.59 Å². The van der Waals surface area contributed by atoms with Gasteiger partial charge in [0.25, 0.3) is 0 Å². The van der Waals surface area contributed by atoms with E-state index in [0.29, 0.717) is 0 Å². The van der Waals surface area contributed by atoms with Gasteiger partial charge in [-0.2, -0.15) is 0 Å². The summed E-state index contributed by atoms with van der Waals surface area (Å²) in [4.78, 5) is 32.7. The summed E-state index contributed by atoms with van der Waals surface area (Å²) in [5.41, 5.74) is 0. The van der Waals surface area contributed by atoms with E-state index in [0.717, 1.165) is 49.4 Å². The van der Waals surface area contributed by atoms with Crippen LogP contribution in [0, 0.1) is 23.7 Å². The number of unbranched alkanes of at least 4 members (excludes halogenated alkanes) is 14. The molecular weight excluding hydrogens is 560 g/mol. The standard InChI is InChI=1S/C40H70O5/c1-3-5-7-9-11-17-25-35-29-23-31-37(35)27-19-13-15-21-33-39(41)43-45-44-40(42)34-22-16-14-20-28-38-32-24-30-36(38)26-18-12-10-8-6-4-2/h21-22,33-38H,3-20,23-32H2,1-2H3/t35-,36-,37-,38-/m0/s1. The molecule has 0 bridgehead atoms. The number of hydrogen-bond acceptors (Lipinski definition) is 5. The van der Waals surface area contributed by atoms with Crippen LogP contribution in [0.3, 0.4) is 0 Å². The number of allylic oxidation sites excluding steroid dienone is 2. The van der Waals surface area contributed by atoms with Crippen LogP contribution in [-0.4, -0.2) is 11.9 Å². The minimum absolute atomic E-state index is 0.664. The minimum atomic E-state index is -0.664. The van der Waals surface area contributed by atoms with Crippen LogP contribution < -0.4 is 0 Å². The Morgan fingerprint density at radius 1 is 0.489 bits per heavy atom. The molecule has 0 aromatic rings. The summed E-state index contributed by atoms with van der Waals surface area (Å²) in [6, 6.07) is 0. The molecule has 0 unspecified atom stereocenters. The van der Waals surface area contributed by atoms with Gasteiger partial charge in [0.15, 0.2) is 0 Å². The van der Waals surface area contributed by atoms with Gasteiger partial charge in [0.2, 0.25) is 0 Å². The predicted molar refractivity (Wildman–Crippen MR) is 186 cm³/mol. The Morgan fingerprint density at radius 3 is 1.20 bits per heavy atom. The van der Waals surface area contributed by atoms with Gasteiger partial charge in [0.05, 0.1) is 0 Å². The molecule has 2 aliphatic rings. The second kappa shape index (κ2) is 27.5. The van der Waals surface area contributed by atoms with Gasteiger partial charge < -0.3 is 0 Å². The van der Waals surface area contributed by atoms with Crippen molar-refractivity contribution in [3.05, 3.63) is 24.3 Å². The minimum Gasteiger partial charge on any atom is -0.255 e. The topological polar surface area (TPSA) is 61.8 Å². The van der Waals surface area contributed by atoms with E-state index in [-0.39, 0.29) is 0 Å². The Morgan fingerprint density at radius 2 is 0.822 bits per heavy atom. The van der Waals surface area contributed by atoms with Gasteiger partial charge in [-0.25, -0.2) is 9.59 Å². The third kappa shape index (κ3) is 20.3. The Hall–Kier alpha value is -1.62. The Kier molecular flexibility index (Phi) is 24.2. The maximum Gasteiger partial charge on any atom is 0.369 e. The summed E-state index contributed by atoms with van der Waals surface area (Å²) >= 11 is 0. The molecular formula is C40H70O5. The highest BCUT2D eigenvalue weighted by Crippen LogP contribution is 2.39. The number of hydrogen-bond donors (Lipinski definition) is 0. The molecule has 260 valence electrons. The quantitative estimate of drug-likeness (QED) is 0.0372. The van der Waals surface area contributed by atoms with Crippen molar-refractivity contribution in [2.24, 2.45) is 23.7 Å². The van der Waals surface area contributed by atoms with Crippen molar-refractivity contribution in [3.63, 3.8) is 0 Å². The molecule has 0 amide bonds. The first-order chi connectivity index (χ1) is 22.1. The molecule has 2 rings (SSSR count). The Bertz CT molecular complexity index is 726. The fourth-order valence-corrected chi connectivity index (χ4v) is 7.96. The second-order valence-electron chi connectivity index (χ2n) is 14.3. The van der Waals surface area contributed by atoms with Gasteiger partial charge >= 0.3 is 11.9 Å². The van der Waals surface area contributed by atoms with E-state index in [1.54, 1.807) is 0 Å². The molecule has 0 radical (unpaired) electrons. The summed E-state index contributed by atoms with van der Waals surface area (Å²) < 4.78 is 0. The largest absolute Gasteiger partial charge is 0.369 e. The first-order valence-corrected chi connectivity index (χ1v) is 19.6. The van der Waals surface area contributed by atoms with Crippen molar-refractivity contribution in [1.82, 2.24) is 0 Å². The predicted octanol–water partition coefficient (Wildman–Crippen LogP) is 12.5. The Labute approximate surface area is 277 Å². The molecule has 45 heavy (non-hydrogen) atoms. The first-order valence-electron chi connectivity index (χ1n) is 19.6. The molecule has 0 heterocycles. The van der Waals surface area contributed by atoms with Crippen LogP contribution in [0.5, 0.6) is 0 Å². The van der Waals surface area contributed by atoms with Crippen molar-refractivity contribution in [3.8, 4) is 0 Å². The van der Waals surface area contributed by atoms with Crippen LogP contribution in [0.4, 0.5) is 0 Å². The van der Waals surface area contributed by atoms with Crippen LogP contribution in [0.2, 0.25) is 0 Å². The zero-order valence-corrected chi connectivity index (χ0v) is 29.5. The van der Waals surface area contributed by atoms with Crippen LogP contribution in [0.1, 0.15) is 194 Å². The summed E-state index contributed by atoms with van der Waals surface area (Å²) in [6.45, 7) is 4.56.